The standard InChI is InChI=1S/C20H13BrClN3/c21-14-6-9-16(10-7-14)23-20-24-18-11-8-15(22)12-17(18)19(25-20)13-4-2-1-3-5-13/h1-12H,(H,23,24,25). The lowest BCUT2D eigenvalue weighted by molar-refractivity contribution is 1.21. The van der Waals surface area contributed by atoms with Crippen molar-refractivity contribution in [3.05, 3.63) is 82.3 Å². The largest absolute Gasteiger partial charge is 0.324 e. The van der Waals surface area contributed by atoms with Crippen molar-refractivity contribution in [2.24, 2.45) is 0 Å². The van der Waals surface area contributed by atoms with Gasteiger partial charge in [0.2, 0.25) is 5.95 Å². The second-order valence-corrected chi connectivity index (χ2v) is 6.91. The van der Waals surface area contributed by atoms with E-state index in [0.717, 1.165) is 32.3 Å². The van der Waals surface area contributed by atoms with Crippen LogP contribution in [0.25, 0.3) is 22.2 Å². The van der Waals surface area contributed by atoms with E-state index >= 15 is 0 Å². The first-order valence-corrected chi connectivity index (χ1v) is 8.91. The van der Waals surface area contributed by atoms with Gasteiger partial charge in [-0.3, -0.25) is 0 Å². The van der Waals surface area contributed by atoms with Crippen LogP contribution >= 0.6 is 27.5 Å². The summed E-state index contributed by atoms with van der Waals surface area (Å²) in [6, 6.07) is 23.6. The van der Waals surface area contributed by atoms with Crippen molar-refractivity contribution in [3.63, 3.8) is 0 Å². The van der Waals surface area contributed by atoms with E-state index in [1.807, 2.05) is 72.8 Å². The van der Waals surface area contributed by atoms with Crippen LogP contribution in [-0.4, -0.2) is 9.97 Å². The van der Waals surface area contributed by atoms with Crippen molar-refractivity contribution in [2.45, 2.75) is 0 Å². The molecule has 0 bridgehead atoms. The summed E-state index contributed by atoms with van der Waals surface area (Å²) in [4.78, 5) is 9.37. The molecule has 0 aliphatic heterocycles. The van der Waals surface area contributed by atoms with Crippen LogP contribution in [0.4, 0.5) is 11.6 Å². The van der Waals surface area contributed by atoms with Crippen molar-refractivity contribution >= 4 is 50.1 Å². The van der Waals surface area contributed by atoms with Gasteiger partial charge in [-0.15, -0.1) is 0 Å². The summed E-state index contributed by atoms with van der Waals surface area (Å²) >= 11 is 9.63. The molecule has 5 heteroatoms. The minimum atomic E-state index is 0.552. The molecule has 1 aromatic heterocycles. The summed E-state index contributed by atoms with van der Waals surface area (Å²) < 4.78 is 1.03. The molecule has 0 saturated carbocycles. The normalized spacial score (nSPS) is 10.8. The fraction of sp³-hybridized carbons (Fsp3) is 0. The van der Waals surface area contributed by atoms with Crippen LogP contribution in [0.15, 0.2) is 77.3 Å². The maximum absolute atomic E-state index is 6.19. The Labute approximate surface area is 158 Å². The molecule has 3 aromatic carbocycles. The highest BCUT2D eigenvalue weighted by atomic mass is 79.9. The van der Waals surface area contributed by atoms with Crippen LogP contribution in [0, 0.1) is 0 Å². The fourth-order valence-corrected chi connectivity index (χ4v) is 3.07. The predicted octanol–water partition coefficient (Wildman–Crippen LogP) is 6.46. The van der Waals surface area contributed by atoms with Crippen LogP contribution in [-0.2, 0) is 0 Å². The number of fused-ring (bicyclic) bond motifs is 1. The SMILES string of the molecule is Clc1ccc2nc(Nc3ccc(Br)cc3)nc(-c3ccccc3)c2c1. The second-order valence-electron chi connectivity index (χ2n) is 5.56. The highest BCUT2D eigenvalue weighted by Gasteiger charge is 2.10. The molecule has 1 N–H and O–H groups in total. The minimum Gasteiger partial charge on any atom is -0.324 e. The van der Waals surface area contributed by atoms with E-state index < -0.39 is 0 Å². The molecule has 0 spiro atoms. The van der Waals surface area contributed by atoms with E-state index in [2.05, 4.69) is 26.2 Å². The summed E-state index contributed by atoms with van der Waals surface area (Å²) in [5, 5.41) is 4.87. The minimum absolute atomic E-state index is 0.552. The van der Waals surface area contributed by atoms with Crippen LogP contribution in [0.5, 0.6) is 0 Å². The highest BCUT2D eigenvalue weighted by Crippen LogP contribution is 2.30. The van der Waals surface area contributed by atoms with E-state index in [4.69, 9.17) is 16.6 Å². The van der Waals surface area contributed by atoms with Crippen LogP contribution in [0.2, 0.25) is 5.02 Å². The third kappa shape index (κ3) is 3.50. The Hall–Kier alpha value is -2.43. The first-order chi connectivity index (χ1) is 12.2. The first-order valence-electron chi connectivity index (χ1n) is 7.74. The Balaban J connectivity index is 1.86. The molecule has 0 saturated heterocycles. The molecule has 0 unspecified atom stereocenters. The van der Waals surface area contributed by atoms with Gasteiger partial charge >= 0.3 is 0 Å². The van der Waals surface area contributed by atoms with Crippen LogP contribution in [0.1, 0.15) is 0 Å². The molecular formula is C20H13BrClN3. The number of halogens is 2. The number of nitrogens with one attached hydrogen (secondary N) is 1. The third-order valence-corrected chi connectivity index (χ3v) is 4.57. The number of hydrogen-bond donors (Lipinski definition) is 1. The Morgan fingerprint density at radius 1 is 0.840 bits per heavy atom. The molecule has 0 atom stereocenters. The average molecular weight is 411 g/mol. The van der Waals surface area contributed by atoms with Crippen LogP contribution in [0.3, 0.4) is 0 Å². The summed E-state index contributed by atoms with van der Waals surface area (Å²) in [6.07, 6.45) is 0. The number of nitrogens with zero attached hydrogens (tertiary/aromatic N) is 2. The Morgan fingerprint density at radius 3 is 2.36 bits per heavy atom. The van der Waals surface area contributed by atoms with Gasteiger partial charge in [0.15, 0.2) is 0 Å². The molecule has 122 valence electrons. The highest BCUT2D eigenvalue weighted by molar-refractivity contribution is 9.10. The average Bonchev–Trinajstić information content (AvgIpc) is 2.64. The van der Waals surface area contributed by atoms with E-state index in [-0.39, 0.29) is 0 Å². The molecule has 4 rings (SSSR count). The molecule has 4 aromatic rings. The van der Waals surface area contributed by atoms with Gasteiger partial charge < -0.3 is 5.32 Å². The monoisotopic (exact) mass is 409 g/mol. The molecule has 25 heavy (non-hydrogen) atoms. The number of rotatable bonds is 3. The number of hydrogen-bond acceptors (Lipinski definition) is 3. The zero-order valence-corrected chi connectivity index (χ0v) is 15.4. The smallest absolute Gasteiger partial charge is 0.228 e. The van der Waals surface area contributed by atoms with Gasteiger partial charge in [-0.2, -0.15) is 0 Å². The van der Waals surface area contributed by atoms with E-state index in [0.29, 0.717) is 11.0 Å². The van der Waals surface area contributed by atoms with Gasteiger partial charge in [0.1, 0.15) is 0 Å². The maximum atomic E-state index is 6.19. The van der Waals surface area contributed by atoms with E-state index in [1.165, 1.54) is 0 Å². The number of benzene rings is 3. The molecule has 0 radical (unpaired) electrons. The second kappa shape index (κ2) is 6.82. The topological polar surface area (TPSA) is 37.8 Å². The number of anilines is 2. The van der Waals surface area contributed by atoms with Gasteiger partial charge in [0.05, 0.1) is 11.2 Å². The number of aromatic nitrogens is 2. The zero-order chi connectivity index (χ0) is 17.2. The molecule has 0 amide bonds. The molecule has 0 aliphatic rings. The van der Waals surface area contributed by atoms with Crippen molar-refractivity contribution in [3.8, 4) is 11.3 Å². The Morgan fingerprint density at radius 2 is 1.60 bits per heavy atom. The fourth-order valence-electron chi connectivity index (χ4n) is 2.63. The van der Waals surface area contributed by atoms with Crippen LogP contribution < -0.4 is 5.32 Å². The Bertz CT molecular complexity index is 1030. The van der Waals surface area contributed by atoms with E-state index in [1.54, 1.807) is 0 Å². The zero-order valence-electron chi connectivity index (χ0n) is 13.1. The lowest BCUT2D eigenvalue weighted by Crippen LogP contribution is -1.99. The molecular weight excluding hydrogens is 398 g/mol. The molecule has 0 fully saturated rings. The summed E-state index contributed by atoms with van der Waals surface area (Å²) in [5.41, 5.74) is 3.65. The van der Waals surface area contributed by atoms with E-state index in [9.17, 15) is 0 Å². The molecule has 3 nitrogen and oxygen atoms in total. The van der Waals surface area contributed by atoms with Crippen molar-refractivity contribution in [2.75, 3.05) is 5.32 Å². The third-order valence-electron chi connectivity index (χ3n) is 3.81. The summed E-state index contributed by atoms with van der Waals surface area (Å²) in [5.74, 6) is 0.552. The predicted molar refractivity (Wildman–Crippen MR) is 107 cm³/mol. The first kappa shape index (κ1) is 16.1. The molecule has 1 heterocycles. The van der Waals surface area contributed by atoms with Crippen molar-refractivity contribution in [1.82, 2.24) is 9.97 Å². The maximum Gasteiger partial charge on any atom is 0.228 e. The summed E-state index contributed by atoms with van der Waals surface area (Å²) in [6.45, 7) is 0. The van der Waals surface area contributed by atoms with Crippen molar-refractivity contribution in [1.29, 1.82) is 0 Å². The van der Waals surface area contributed by atoms with Gasteiger partial charge in [-0.05, 0) is 42.5 Å². The summed E-state index contributed by atoms with van der Waals surface area (Å²) in [7, 11) is 0. The van der Waals surface area contributed by atoms with Gasteiger partial charge in [0.25, 0.3) is 0 Å². The van der Waals surface area contributed by atoms with Gasteiger partial charge in [-0.25, -0.2) is 9.97 Å². The van der Waals surface area contributed by atoms with Gasteiger partial charge in [0, 0.05) is 26.1 Å². The van der Waals surface area contributed by atoms with Gasteiger partial charge in [-0.1, -0.05) is 57.9 Å². The quantitative estimate of drug-likeness (QED) is 0.421. The van der Waals surface area contributed by atoms with Crippen molar-refractivity contribution < 1.29 is 0 Å². The lowest BCUT2D eigenvalue weighted by Gasteiger charge is -2.11. The Kier molecular flexibility index (Phi) is 4.38. The molecule has 0 aliphatic carbocycles. The lowest BCUT2D eigenvalue weighted by atomic mass is 10.1.